The SMILES string of the molecule is COc1cc(CNCCOc2ccccn2)cc(Br)c1OC(C)C. The summed E-state index contributed by atoms with van der Waals surface area (Å²) < 4.78 is 17.7. The Balaban J connectivity index is 1.85. The van der Waals surface area contributed by atoms with Crippen molar-refractivity contribution in [3.8, 4) is 17.4 Å². The number of nitrogens with zero attached hydrogens (tertiary/aromatic N) is 1. The lowest BCUT2D eigenvalue weighted by atomic mass is 10.2. The first-order chi connectivity index (χ1) is 11.6. The topological polar surface area (TPSA) is 52.6 Å². The Morgan fingerprint density at radius 2 is 2.08 bits per heavy atom. The molecule has 0 bridgehead atoms. The van der Waals surface area contributed by atoms with Gasteiger partial charge in [-0.2, -0.15) is 0 Å². The van der Waals surface area contributed by atoms with E-state index < -0.39 is 0 Å². The molecule has 0 fully saturated rings. The summed E-state index contributed by atoms with van der Waals surface area (Å²) in [7, 11) is 1.65. The number of benzene rings is 1. The zero-order valence-electron chi connectivity index (χ0n) is 14.2. The van der Waals surface area contributed by atoms with E-state index in [-0.39, 0.29) is 6.10 Å². The highest BCUT2D eigenvalue weighted by Crippen LogP contribution is 2.37. The predicted molar refractivity (Wildman–Crippen MR) is 97.9 cm³/mol. The minimum atomic E-state index is 0.0860. The Labute approximate surface area is 151 Å². The van der Waals surface area contributed by atoms with E-state index in [0.29, 0.717) is 19.0 Å². The van der Waals surface area contributed by atoms with Crippen LogP contribution >= 0.6 is 15.9 Å². The molecule has 1 heterocycles. The largest absolute Gasteiger partial charge is 0.493 e. The maximum absolute atomic E-state index is 5.79. The molecule has 0 amide bonds. The third-order valence-corrected chi connectivity index (χ3v) is 3.73. The van der Waals surface area contributed by atoms with Crippen LogP contribution in [0, 0.1) is 0 Å². The van der Waals surface area contributed by atoms with Crippen molar-refractivity contribution in [3.05, 3.63) is 46.6 Å². The van der Waals surface area contributed by atoms with E-state index in [2.05, 4.69) is 26.2 Å². The summed E-state index contributed by atoms with van der Waals surface area (Å²) in [5.74, 6) is 2.09. The monoisotopic (exact) mass is 394 g/mol. The molecule has 0 unspecified atom stereocenters. The number of rotatable bonds is 9. The van der Waals surface area contributed by atoms with Crippen molar-refractivity contribution in [2.75, 3.05) is 20.3 Å². The van der Waals surface area contributed by atoms with Crippen molar-refractivity contribution < 1.29 is 14.2 Å². The number of ether oxygens (including phenoxy) is 3. The number of pyridine rings is 1. The normalized spacial score (nSPS) is 10.7. The molecule has 6 heteroatoms. The Morgan fingerprint density at radius 1 is 1.25 bits per heavy atom. The molecule has 5 nitrogen and oxygen atoms in total. The lowest BCUT2D eigenvalue weighted by molar-refractivity contribution is 0.228. The summed E-state index contributed by atoms with van der Waals surface area (Å²) in [6.07, 6.45) is 1.80. The van der Waals surface area contributed by atoms with Crippen LogP contribution in [-0.2, 0) is 6.54 Å². The van der Waals surface area contributed by atoms with Crippen LogP contribution < -0.4 is 19.5 Å². The van der Waals surface area contributed by atoms with E-state index >= 15 is 0 Å². The van der Waals surface area contributed by atoms with Crippen LogP contribution in [0.2, 0.25) is 0 Å². The molecular weight excluding hydrogens is 372 g/mol. The summed E-state index contributed by atoms with van der Waals surface area (Å²) in [5.41, 5.74) is 1.10. The fourth-order valence-electron chi connectivity index (χ4n) is 2.12. The third-order valence-electron chi connectivity index (χ3n) is 3.14. The van der Waals surface area contributed by atoms with Gasteiger partial charge in [0.25, 0.3) is 0 Å². The molecule has 0 aliphatic heterocycles. The number of nitrogens with one attached hydrogen (secondary N) is 1. The highest BCUT2D eigenvalue weighted by molar-refractivity contribution is 9.10. The molecule has 0 spiro atoms. The van der Waals surface area contributed by atoms with E-state index in [1.54, 1.807) is 13.3 Å². The van der Waals surface area contributed by atoms with Gasteiger partial charge in [-0.05, 0) is 53.5 Å². The Hall–Kier alpha value is -1.79. The molecule has 0 aliphatic carbocycles. The summed E-state index contributed by atoms with van der Waals surface area (Å²) in [4.78, 5) is 4.12. The van der Waals surface area contributed by atoms with Crippen LogP contribution in [0.1, 0.15) is 19.4 Å². The van der Waals surface area contributed by atoms with Gasteiger partial charge in [-0.1, -0.05) is 6.07 Å². The van der Waals surface area contributed by atoms with Crippen LogP contribution in [-0.4, -0.2) is 31.3 Å². The maximum atomic E-state index is 5.79. The van der Waals surface area contributed by atoms with Gasteiger partial charge in [0.05, 0.1) is 17.7 Å². The van der Waals surface area contributed by atoms with Gasteiger partial charge in [-0.25, -0.2) is 4.98 Å². The molecule has 1 aromatic carbocycles. The second-order valence-electron chi connectivity index (χ2n) is 5.47. The molecule has 0 saturated heterocycles. The van der Waals surface area contributed by atoms with Crippen molar-refractivity contribution in [1.82, 2.24) is 10.3 Å². The van der Waals surface area contributed by atoms with Gasteiger partial charge in [-0.3, -0.25) is 0 Å². The molecule has 0 radical (unpaired) electrons. The highest BCUT2D eigenvalue weighted by Gasteiger charge is 2.13. The van der Waals surface area contributed by atoms with Crippen molar-refractivity contribution in [1.29, 1.82) is 0 Å². The molecule has 0 aliphatic rings. The summed E-state index contributed by atoms with van der Waals surface area (Å²) in [6, 6.07) is 9.63. The smallest absolute Gasteiger partial charge is 0.213 e. The fourth-order valence-corrected chi connectivity index (χ4v) is 2.70. The van der Waals surface area contributed by atoms with Gasteiger partial charge in [0.15, 0.2) is 11.5 Å². The molecule has 0 saturated carbocycles. The standard InChI is InChI=1S/C18H23BrN2O3/c1-13(2)24-18-15(19)10-14(11-16(18)22-3)12-20-8-9-23-17-6-4-5-7-21-17/h4-7,10-11,13,20H,8-9,12H2,1-3H3. The minimum Gasteiger partial charge on any atom is -0.493 e. The quantitative estimate of drug-likeness (QED) is 0.655. The first kappa shape index (κ1) is 18.5. The average molecular weight is 395 g/mol. The van der Waals surface area contributed by atoms with E-state index in [4.69, 9.17) is 14.2 Å². The van der Waals surface area contributed by atoms with Gasteiger partial charge < -0.3 is 19.5 Å². The third kappa shape index (κ3) is 5.69. The fraction of sp³-hybridized carbons (Fsp3) is 0.389. The van der Waals surface area contributed by atoms with Gasteiger partial charge in [-0.15, -0.1) is 0 Å². The molecule has 2 rings (SSSR count). The van der Waals surface area contributed by atoms with Gasteiger partial charge in [0.2, 0.25) is 5.88 Å². The van der Waals surface area contributed by atoms with E-state index in [1.807, 2.05) is 44.2 Å². The molecular formula is C18H23BrN2O3. The van der Waals surface area contributed by atoms with Crippen LogP contribution in [0.15, 0.2) is 41.0 Å². The summed E-state index contributed by atoms with van der Waals surface area (Å²) >= 11 is 3.55. The van der Waals surface area contributed by atoms with Crippen molar-refractivity contribution in [3.63, 3.8) is 0 Å². The van der Waals surface area contributed by atoms with E-state index in [9.17, 15) is 0 Å². The summed E-state index contributed by atoms with van der Waals surface area (Å²) in [6.45, 7) is 5.97. The summed E-state index contributed by atoms with van der Waals surface area (Å²) in [5, 5.41) is 3.34. The second kappa shape index (κ2) is 9.49. The number of hydrogen-bond acceptors (Lipinski definition) is 5. The van der Waals surface area contributed by atoms with Crippen LogP contribution in [0.4, 0.5) is 0 Å². The van der Waals surface area contributed by atoms with Gasteiger partial charge >= 0.3 is 0 Å². The van der Waals surface area contributed by atoms with Crippen molar-refractivity contribution in [2.24, 2.45) is 0 Å². The first-order valence-corrected chi connectivity index (χ1v) is 8.67. The van der Waals surface area contributed by atoms with E-state index in [0.717, 1.165) is 28.1 Å². The minimum absolute atomic E-state index is 0.0860. The molecule has 0 atom stereocenters. The average Bonchev–Trinajstić information content (AvgIpc) is 2.57. The zero-order valence-corrected chi connectivity index (χ0v) is 15.8. The highest BCUT2D eigenvalue weighted by atomic mass is 79.9. The van der Waals surface area contributed by atoms with Crippen LogP contribution in [0.5, 0.6) is 17.4 Å². The molecule has 1 N–H and O–H groups in total. The predicted octanol–water partition coefficient (Wildman–Crippen LogP) is 3.81. The van der Waals surface area contributed by atoms with Crippen LogP contribution in [0.3, 0.4) is 0 Å². The Bertz CT molecular complexity index is 636. The Morgan fingerprint density at radius 3 is 2.75 bits per heavy atom. The number of halogens is 1. The molecule has 1 aromatic heterocycles. The first-order valence-electron chi connectivity index (χ1n) is 7.87. The van der Waals surface area contributed by atoms with Crippen molar-refractivity contribution >= 4 is 15.9 Å². The van der Waals surface area contributed by atoms with Crippen molar-refractivity contribution in [2.45, 2.75) is 26.5 Å². The number of methoxy groups -OCH3 is 1. The lowest BCUT2D eigenvalue weighted by Crippen LogP contribution is -2.21. The maximum Gasteiger partial charge on any atom is 0.213 e. The molecule has 130 valence electrons. The van der Waals surface area contributed by atoms with Gasteiger partial charge in [0.1, 0.15) is 6.61 Å². The van der Waals surface area contributed by atoms with Crippen LogP contribution in [0.25, 0.3) is 0 Å². The van der Waals surface area contributed by atoms with Gasteiger partial charge in [0, 0.05) is 25.4 Å². The number of aromatic nitrogens is 1. The second-order valence-corrected chi connectivity index (χ2v) is 6.32. The zero-order chi connectivity index (χ0) is 17.4. The lowest BCUT2D eigenvalue weighted by Gasteiger charge is -2.16. The van der Waals surface area contributed by atoms with E-state index in [1.165, 1.54) is 0 Å². The molecule has 2 aromatic rings. The Kier molecular flexibility index (Phi) is 7.34. The molecule has 24 heavy (non-hydrogen) atoms. The number of hydrogen-bond donors (Lipinski definition) is 1.